The van der Waals surface area contributed by atoms with Crippen LogP contribution >= 0.6 is 36.2 Å². The molecule has 0 saturated carbocycles. The number of thiocarbonyl (C=S) groups is 2. The molecule has 1 atom stereocenters. The van der Waals surface area contributed by atoms with Gasteiger partial charge in [0.25, 0.3) is 0 Å². The van der Waals surface area contributed by atoms with Gasteiger partial charge in [-0.15, -0.1) is 0 Å². The predicted octanol–water partition coefficient (Wildman–Crippen LogP) is 0.502. The summed E-state index contributed by atoms with van der Waals surface area (Å²) in [5, 5.41) is 23.2. The monoisotopic (exact) mass is 378 g/mol. The van der Waals surface area contributed by atoms with Crippen molar-refractivity contribution in [1.29, 1.82) is 0 Å². The maximum absolute atomic E-state index is 11.1. The number of carbonyl (C=O) groups is 1. The summed E-state index contributed by atoms with van der Waals surface area (Å²) in [6.07, 6.45) is 2.38. The number of hydrogen-bond acceptors (Lipinski definition) is 6. The standard InChI is InChI=1S/C12H22N6O2S3/c1-7(15-17-11(21)13-3)8(2)16-18-12(22)14-9(10(19)20)5-6-23-4/h9H,5-6H2,1-4H3,(H,19,20)(H2,13,17,21)(H2,14,18,22)/b15-7+,16-8+. The highest BCUT2D eigenvalue weighted by atomic mass is 32.2. The van der Waals surface area contributed by atoms with E-state index in [1.165, 1.54) is 0 Å². The first-order valence-electron chi connectivity index (χ1n) is 6.66. The van der Waals surface area contributed by atoms with Gasteiger partial charge in [-0.3, -0.25) is 10.9 Å². The zero-order chi connectivity index (χ0) is 17.8. The van der Waals surface area contributed by atoms with E-state index in [9.17, 15) is 4.79 Å². The SMILES string of the molecule is CNC(=S)N/N=C(C)/C(C)=N/NC(=S)NC(CCSC)C(=O)O. The van der Waals surface area contributed by atoms with Crippen LogP contribution in [0.25, 0.3) is 0 Å². The fourth-order valence-electron chi connectivity index (χ4n) is 1.17. The van der Waals surface area contributed by atoms with Crippen LogP contribution < -0.4 is 21.5 Å². The lowest BCUT2D eigenvalue weighted by molar-refractivity contribution is -0.139. The molecule has 0 aliphatic carbocycles. The Morgan fingerprint density at radius 1 is 1.17 bits per heavy atom. The van der Waals surface area contributed by atoms with E-state index < -0.39 is 12.0 Å². The van der Waals surface area contributed by atoms with Crippen LogP contribution in [0.3, 0.4) is 0 Å². The first kappa shape index (κ1) is 21.5. The van der Waals surface area contributed by atoms with Crippen LogP contribution in [0.2, 0.25) is 0 Å². The largest absolute Gasteiger partial charge is 0.480 e. The van der Waals surface area contributed by atoms with Gasteiger partial charge in [0.05, 0.1) is 11.4 Å². The third-order valence-corrected chi connectivity index (χ3v) is 3.76. The molecule has 23 heavy (non-hydrogen) atoms. The van der Waals surface area contributed by atoms with Crippen LogP contribution in [-0.2, 0) is 4.79 Å². The van der Waals surface area contributed by atoms with Gasteiger partial charge in [0.15, 0.2) is 10.2 Å². The lowest BCUT2D eigenvalue weighted by Crippen LogP contribution is -2.45. The van der Waals surface area contributed by atoms with Gasteiger partial charge in [-0.1, -0.05) is 0 Å². The van der Waals surface area contributed by atoms with E-state index in [0.29, 0.717) is 23.0 Å². The number of hydrogen-bond donors (Lipinski definition) is 5. The van der Waals surface area contributed by atoms with E-state index in [1.807, 2.05) is 6.26 Å². The van der Waals surface area contributed by atoms with Crippen molar-refractivity contribution in [3.63, 3.8) is 0 Å². The Hall–Kier alpha value is -1.46. The number of thioether (sulfide) groups is 1. The summed E-state index contributed by atoms with van der Waals surface area (Å²) in [6, 6.07) is -0.748. The van der Waals surface area contributed by atoms with Crippen molar-refractivity contribution in [3.05, 3.63) is 0 Å². The molecule has 0 aliphatic rings. The van der Waals surface area contributed by atoms with Crippen LogP contribution in [0.15, 0.2) is 10.2 Å². The van der Waals surface area contributed by atoms with Crippen LogP contribution in [0.5, 0.6) is 0 Å². The number of nitrogens with one attached hydrogen (secondary N) is 4. The minimum absolute atomic E-state index is 0.143. The smallest absolute Gasteiger partial charge is 0.326 e. The zero-order valence-electron chi connectivity index (χ0n) is 13.5. The van der Waals surface area contributed by atoms with Gasteiger partial charge < -0.3 is 15.7 Å². The van der Waals surface area contributed by atoms with Crippen molar-refractivity contribution in [2.24, 2.45) is 10.2 Å². The molecule has 130 valence electrons. The average Bonchev–Trinajstić information content (AvgIpc) is 2.53. The molecule has 0 aromatic carbocycles. The van der Waals surface area contributed by atoms with Gasteiger partial charge in [-0.05, 0) is 56.7 Å². The number of nitrogens with zero attached hydrogens (tertiary/aromatic N) is 2. The number of hydrazone groups is 2. The van der Waals surface area contributed by atoms with Crippen molar-refractivity contribution in [2.45, 2.75) is 26.3 Å². The topological polar surface area (TPSA) is 110 Å². The van der Waals surface area contributed by atoms with Crippen molar-refractivity contribution < 1.29 is 9.90 Å². The molecule has 0 heterocycles. The summed E-state index contributed by atoms with van der Waals surface area (Å²) in [5.74, 6) is -0.232. The second-order valence-corrected chi connectivity index (χ2v) is 6.15. The molecule has 0 fully saturated rings. The fraction of sp³-hybridized carbons (Fsp3) is 0.583. The van der Waals surface area contributed by atoms with Gasteiger partial charge in [-0.25, -0.2) is 4.79 Å². The van der Waals surface area contributed by atoms with E-state index in [0.717, 1.165) is 5.75 Å². The molecule has 0 aliphatic heterocycles. The summed E-state index contributed by atoms with van der Waals surface area (Å²) in [6.45, 7) is 3.49. The third-order valence-electron chi connectivity index (χ3n) is 2.62. The number of aliphatic carboxylic acids is 1. The highest BCUT2D eigenvalue weighted by molar-refractivity contribution is 7.98. The molecule has 0 rings (SSSR count). The minimum Gasteiger partial charge on any atom is -0.480 e. The quantitative estimate of drug-likeness (QED) is 0.234. The van der Waals surface area contributed by atoms with E-state index in [4.69, 9.17) is 29.5 Å². The van der Waals surface area contributed by atoms with Crippen LogP contribution in [-0.4, -0.2) is 57.8 Å². The summed E-state index contributed by atoms with van der Waals surface area (Å²) in [4.78, 5) is 11.1. The molecule has 11 heteroatoms. The Kier molecular flexibility index (Phi) is 11.3. The molecule has 1 unspecified atom stereocenters. The lowest BCUT2D eigenvalue weighted by Gasteiger charge is -2.15. The molecule has 5 N–H and O–H groups in total. The highest BCUT2D eigenvalue weighted by Crippen LogP contribution is 2.00. The summed E-state index contributed by atoms with van der Waals surface area (Å²) in [7, 11) is 1.68. The molecule has 0 aromatic heterocycles. The molecule has 0 saturated heterocycles. The van der Waals surface area contributed by atoms with Gasteiger partial charge in [-0.2, -0.15) is 22.0 Å². The van der Waals surface area contributed by atoms with Gasteiger partial charge >= 0.3 is 5.97 Å². The predicted molar refractivity (Wildman–Crippen MR) is 104 cm³/mol. The third kappa shape index (κ3) is 10.0. The van der Waals surface area contributed by atoms with Crippen molar-refractivity contribution in [1.82, 2.24) is 21.5 Å². The van der Waals surface area contributed by atoms with Crippen molar-refractivity contribution in [2.75, 3.05) is 19.1 Å². The van der Waals surface area contributed by atoms with E-state index in [1.54, 1.807) is 32.7 Å². The van der Waals surface area contributed by atoms with Gasteiger partial charge in [0.2, 0.25) is 0 Å². The summed E-state index contributed by atoms with van der Waals surface area (Å²) >= 11 is 11.5. The molecule has 0 aromatic rings. The number of carboxylic acid groups (broad SMARTS) is 1. The Morgan fingerprint density at radius 3 is 2.13 bits per heavy atom. The van der Waals surface area contributed by atoms with E-state index in [2.05, 4.69) is 31.7 Å². The molecule has 0 amide bonds. The van der Waals surface area contributed by atoms with Crippen LogP contribution in [0.4, 0.5) is 0 Å². The minimum atomic E-state index is -0.952. The maximum atomic E-state index is 11.1. The summed E-state index contributed by atoms with van der Waals surface area (Å²) in [5.41, 5.74) is 6.44. The Bertz CT molecular complexity index is 495. The van der Waals surface area contributed by atoms with Crippen LogP contribution in [0.1, 0.15) is 20.3 Å². The van der Waals surface area contributed by atoms with E-state index >= 15 is 0 Å². The molecule has 0 bridgehead atoms. The maximum Gasteiger partial charge on any atom is 0.326 e. The second kappa shape index (κ2) is 12.0. The molecule has 0 spiro atoms. The lowest BCUT2D eigenvalue weighted by atomic mass is 10.2. The first-order valence-corrected chi connectivity index (χ1v) is 8.87. The van der Waals surface area contributed by atoms with Gasteiger partial charge in [0, 0.05) is 7.05 Å². The molecule has 8 nitrogen and oxygen atoms in total. The molecular weight excluding hydrogens is 356 g/mol. The van der Waals surface area contributed by atoms with Crippen molar-refractivity contribution >= 4 is 63.8 Å². The Morgan fingerprint density at radius 2 is 1.70 bits per heavy atom. The number of rotatable bonds is 8. The van der Waals surface area contributed by atoms with Crippen LogP contribution in [0, 0.1) is 0 Å². The highest BCUT2D eigenvalue weighted by Gasteiger charge is 2.17. The molecule has 0 radical (unpaired) electrons. The second-order valence-electron chi connectivity index (χ2n) is 4.34. The average molecular weight is 379 g/mol. The Labute approximate surface area is 150 Å². The van der Waals surface area contributed by atoms with Gasteiger partial charge in [0.1, 0.15) is 6.04 Å². The molecular formula is C12H22N6O2S3. The summed E-state index contributed by atoms with van der Waals surface area (Å²) < 4.78 is 0. The van der Waals surface area contributed by atoms with Crippen molar-refractivity contribution in [3.8, 4) is 0 Å². The van der Waals surface area contributed by atoms with E-state index in [-0.39, 0.29) is 5.11 Å². The fourth-order valence-corrected chi connectivity index (χ4v) is 1.88. The number of carboxylic acids is 1. The zero-order valence-corrected chi connectivity index (χ0v) is 15.9. The normalized spacial score (nSPS) is 13.0. The first-order chi connectivity index (χ1) is 10.8. The Balaban J connectivity index is 4.53.